The molecule has 9 heteroatoms. The average molecular weight is 406 g/mol. The second-order valence-corrected chi connectivity index (χ2v) is 10.4. The van der Waals surface area contributed by atoms with Crippen LogP contribution in [0.25, 0.3) is 0 Å². The summed E-state index contributed by atoms with van der Waals surface area (Å²) in [5.74, 6) is -0.288. The zero-order chi connectivity index (χ0) is 20.5. The van der Waals surface area contributed by atoms with E-state index in [1.54, 1.807) is 20.8 Å². The Morgan fingerprint density at radius 2 is 1.74 bits per heavy atom. The molecule has 0 radical (unpaired) electrons. The zero-order valence-corrected chi connectivity index (χ0v) is 16.5. The molecule has 1 aliphatic rings. The van der Waals surface area contributed by atoms with Crippen molar-refractivity contribution >= 4 is 15.8 Å². The lowest BCUT2D eigenvalue weighted by atomic mass is 9.82. The minimum atomic E-state index is -4.45. The number of hydrogen-bond acceptors (Lipinski definition) is 4. The number of sulfonamides is 1. The smallest absolute Gasteiger partial charge is 0.299 e. The number of alkyl halides is 3. The molecule has 0 amide bonds. The van der Waals surface area contributed by atoms with E-state index >= 15 is 0 Å². The first kappa shape index (κ1) is 21.8. The monoisotopic (exact) mass is 406 g/mol. The van der Waals surface area contributed by atoms with E-state index in [2.05, 4.69) is 9.71 Å². The Bertz CT molecular complexity index is 761. The Morgan fingerprint density at radius 3 is 2.19 bits per heavy atom. The summed E-state index contributed by atoms with van der Waals surface area (Å²) >= 11 is 0. The van der Waals surface area contributed by atoms with E-state index in [4.69, 9.17) is 0 Å². The molecule has 1 fully saturated rings. The van der Waals surface area contributed by atoms with E-state index in [9.17, 15) is 26.4 Å². The summed E-state index contributed by atoms with van der Waals surface area (Å²) in [6.07, 6.45) is -1.50. The van der Waals surface area contributed by atoms with E-state index < -0.39 is 26.5 Å². The van der Waals surface area contributed by atoms with Crippen LogP contribution in [0, 0.1) is 5.92 Å². The van der Waals surface area contributed by atoms with Crippen LogP contribution >= 0.6 is 0 Å². The molecule has 152 valence electrons. The summed E-state index contributed by atoms with van der Waals surface area (Å²) in [6.45, 7) is 4.88. The number of pyridine rings is 1. The maximum Gasteiger partial charge on any atom is 0.417 e. The van der Waals surface area contributed by atoms with Crippen molar-refractivity contribution in [3.63, 3.8) is 0 Å². The summed E-state index contributed by atoms with van der Waals surface area (Å²) in [6, 6.07) is 1.96. The lowest BCUT2D eigenvalue weighted by Crippen LogP contribution is -2.46. The van der Waals surface area contributed by atoms with Gasteiger partial charge in [-0.3, -0.25) is 9.78 Å². The minimum Gasteiger partial charge on any atom is -0.299 e. The van der Waals surface area contributed by atoms with Crippen LogP contribution in [0.2, 0.25) is 0 Å². The van der Waals surface area contributed by atoms with Crippen LogP contribution in [0.5, 0.6) is 0 Å². The maximum atomic E-state index is 12.5. The molecule has 1 aliphatic carbocycles. The normalized spacial score (nSPS) is 21.9. The van der Waals surface area contributed by atoms with Crippen molar-refractivity contribution in [2.45, 2.75) is 69.8 Å². The van der Waals surface area contributed by atoms with Gasteiger partial charge in [0.15, 0.2) is 0 Å². The van der Waals surface area contributed by atoms with Crippen LogP contribution in [0.4, 0.5) is 13.2 Å². The van der Waals surface area contributed by atoms with Crippen LogP contribution in [0.1, 0.15) is 57.7 Å². The highest BCUT2D eigenvalue weighted by molar-refractivity contribution is 7.90. The molecule has 0 spiro atoms. The molecule has 0 aromatic carbocycles. The molecule has 1 saturated carbocycles. The van der Waals surface area contributed by atoms with Gasteiger partial charge in [-0.05, 0) is 58.6 Å². The Balaban J connectivity index is 1.88. The number of halogens is 3. The predicted octanol–water partition coefficient (Wildman–Crippen LogP) is 3.49. The maximum absolute atomic E-state index is 12.5. The molecular formula is C18H25F3N2O3S. The fourth-order valence-electron chi connectivity index (χ4n) is 2.95. The Kier molecular flexibility index (Phi) is 6.36. The van der Waals surface area contributed by atoms with Crippen LogP contribution in [0.15, 0.2) is 18.3 Å². The van der Waals surface area contributed by atoms with Crippen molar-refractivity contribution in [3.8, 4) is 0 Å². The summed E-state index contributed by atoms with van der Waals surface area (Å²) in [5.41, 5.74) is -0.533. The third kappa shape index (κ3) is 5.75. The van der Waals surface area contributed by atoms with Crippen LogP contribution in [-0.2, 0) is 27.4 Å². The minimum absolute atomic E-state index is 0.0127. The second kappa shape index (κ2) is 7.87. The summed E-state index contributed by atoms with van der Waals surface area (Å²) < 4.78 is 63.9. The van der Waals surface area contributed by atoms with Gasteiger partial charge in [0.25, 0.3) is 0 Å². The van der Waals surface area contributed by atoms with E-state index in [0.717, 1.165) is 12.3 Å². The molecule has 1 aromatic rings. The lowest BCUT2D eigenvalue weighted by molar-refractivity contribution is -0.137. The second-order valence-electron chi connectivity index (χ2n) is 7.96. The summed E-state index contributed by atoms with van der Waals surface area (Å²) in [4.78, 5) is 16.1. The van der Waals surface area contributed by atoms with E-state index in [-0.39, 0.29) is 24.2 Å². The van der Waals surface area contributed by atoms with Crippen molar-refractivity contribution in [2.75, 3.05) is 0 Å². The summed E-state index contributed by atoms with van der Waals surface area (Å²) in [5, 5.41) is 0. The Morgan fingerprint density at radius 1 is 1.15 bits per heavy atom. The van der Waals surface area contributed by atoms with Crippen molar-refractivity contribution < 1.29 is 26.4 Å². The first-order valence-corrected chi connectivity index (χ1v) is 10.3. The lowest BCUT2D eigenvalue weighted by Gasteiger charge is -2.30. The first-order valence-electron chi connectivity index (χ1n) is 8.86. The molecule has 27 heavy (non-hydrogen) atoms. The molecule has 1 N–H and O–H groups in total. The SMILES string of the molecule is CC(C)(C)S(=O)(=O)NC1CCC(C(=O)Cc2ccc(C(F)(F)F)cn2)CC1. The number of ketones is 1. The van der Waals surface area contributed by atoms with E-state index in [1.807, 2.05) is 0 Å². The fraction of sp³-hybridized carbons (Fsp3) is 0.667. The number of hydrogen-bond donors (Lipinski definition) is 1. The molecular weight excluding hydrogens is 381 g/mol. The van der Waals surface area contributed by atoms with Gasteiger partial charge in [0.1, 0.15) is 5.78 Å². The average Bonchev–Trinajstić information content (AvgIpc) is 2.53. The van der Waals surface area contributed by atoms with Gasteiger partial charge >= 0.3 is 6.18 Å². The van der Waals surface area contributed by atoms with E-state index in [1.165, 1.54) is 6.07 Å². The molecule has 0 saturated heterocycles. The third-order valence-corrected chi connectivity index (χ3v) is 7.07. The highest BCUT2D eigenvalue weighted by Crippen LogP contribution is 2.30. The van der Waals surface area contributed by atoms with Gasteiger partial charge in [-0.15, -0.1) is 0 Å². The van der Waals surface area contributed by atoms with Gasteiger partial charge in [0.2, 0.25) is 10.0 Å². The topological polar surface area (TPSA) is 76.1 Å². The standard InChI is InChI=1S/C18H25F3N2O3S/c1-17(2,3)27(25,26)23-14-7-4-12(5-8-14)16(24)10-15-9-6-13(11-22-15)18(19,20)21/h6,9,11-12,14,23H,4-5,7-8,10H2,1-3H3. The van der Waals surface area contributed by atoms with Gasteiger partial charge < -0.3 is 0 Å². The van der Waals surface area contributed by atoms with Crippen molar-refractivity contribution in [1.29, 1.82) is 0 Å². The molecule has 1 heterocycles. The third-order valence-electron chi connectivity index (χ3n) is 4.82. The number of aromatic nitrogens is 1. The molecule has 1 aromatic heterocycles. The Hall–Kier alpha value is -1.48. The fourth-order valence-corrected chi connectivity index (χ4v) is 3.98. The first-order chi connectivity index (χ1) is 12.3. The van der Waals surface area contributed by atoms with Gasteiger partial charge in [0, 0.05) is 30.3 Å². The predicted molar refractivity (Wildman–Crippen MR) is 95.5 cm³/mol. The van der Waals surface area contributed by atoms with Crippen LogP contribution in [-0.4, -0.2) is 30.0 Å². The number of Topliss-reactive ketones (excluding diaryl/α,β-unsaturated/α-hetero) is 1. The highest BCUT2D eigenvalue weighted by atomic mass is 32.2. The van der Waals surface area contributed by atoms with Crippen LogP contribution < -0.4 is 4.72 Å². The number of carbonyl (C=O) groups excluding carboxylic acids is 1. The van der Waals surface area contributed by atoms with Gasteiger partial charge in [-0.1, -0.05) is 0 Å². The van der Waals surface area contributed by atoms with Crippen molar-refractivity contribution in [3.05, 3.63) is 29.6 Å². The van der Waals surface area contributed by atoms with Gasteiger partial charge in [-0.2, -0.15) is 13.2 Å². The largest absolute Gasteiger partial charge is 0.417 e. The van der Waals surface area contributed by atoms with Crippen molar-refractivity contribution in [2.24, 2.45) is 5.92 Å². The molecule has 0 aliphatic heterocycles. The number of nitrogens with zero attached hydrogens (tertiary/aromatic N) is 1. The van der Waals surface area contributed by atoms with Crippen LogP contribution in [0.3, 0.4) is 0 Å². The van der Waals surface area contributed by atoms with Crippen molar-refractivity contribution in [1.82, 2.24) is 9.71 Å². The molecule has 0 bridgehead atoms. The molecule has 0 unspecified atom stereocenters. The quantitative estimate of drug-likeness (QED) is 0.812. The van der Waals surface area contributed by atoms with Gasteiger partial charge in [0.05, 0.1) is 10.3 Å². The summed E-state index contributed by atoms with van der Waals surface area (Å²) in [7, 11) is -3.44. The zero-order valence-electron chi connectivity index (χ0n) is 15.6. The Labute approximate surface area is 157 Å². The molecule has 5 nitrogen and oxygen atoms in total. The highest BCUT2D eigenvalue weighted by Gasteiger charge is 2.34. The number of carbonyl (C=O) groups is 1. The number of rotatable bonds is 5. The van der Waals surface area contributed by atoms with E-state index in [0.29, 0.717) is 31.4 Å². The molecule has 2 rings (SSSR count). The number of nitrogens with one attached hydrogen (secondary N) is 1. The molecule has 0 atom stereocenters. The van der Waals surface area contributed by atoms with Gasteiger partial charge in [-0.25, -0.2) is 13.1 Å².